The number of carbonyl (C=O) groups excluding carboxylic acids is 2. The maximum atomic E-state index is 11.3. The third-order valence-electron chi connectivity index (χ3n) is 2.23. The van der Waals surface area contributed by atoms with Gasteiger partial charge in [-0.2, -0.15) is 6.61 Å². The van der Waals surface area contributed by atoms with E-state index in [-0.39, 0.29) is 50.9 Å². The molecule has 3 unspecified atom stereocenters. The second-order valence-corrected chi connectivity index (χ2v) is 3.46. The molecule has 5 N–H and O–H groups in total. The second-order valence-electron chi connectivity index (χ2n) is 3.46. The molecule has 100 valence electrons. The van der Waals surface area contributed by atoms with E-state index in [0.29, 0.717) is 0 Å². The van der Waals surface area contributed by atoms with Crippen LogP contribution in [0.2, 0.25) is 0 Å². The summed E-state index contributed by atoms with van der Waals surface area (Å²) in [4.78, 5) is 22.4. The quantitative estimate of drug-likeness (QED) is 0.208. The molecule has 0 aromatic carbocycles. The Bertz CT molecular complexity index is 290. The van der Waals surface area contributed by atoms with E-state index in [2.05, 4.69) is 10.6 Å². The van der Waals surface area contributed by atoms with Gasteiger partial charge in [0.2, 0.25) is 0 Å². The number of rotatable bonds is 4. The van der Waals surface area contributed by atoms with Gasteiger partial charge in [-0.25, -0.2) is 0 Å². The van der Waals surface area contributed by atoms with Crippen molar-refractivity contribution in [1.82, 2.24) is 10.6 Å². The van der Waals surface area contributed by atoms with E-state index in [9.17, 15) is 14.7 Å². The molecule has 1 heterocycles. The standard InChI is InChI=1S/C9H15N2O6.U/c12-2-1-10-8(15)9(16)11-5-4-17-6(3-13)7(5)14;/h4-7,12-14H,1-3H2,(H,10,15)(H,11,16);/q-1;+2. The smallest absolute Gasteiger partial charge is 0.544 e. The van der Waals surface area contributed by atoms with Gasteiger partial charge >= 0.3 is 42.9 Å². The zero-order valence-electron chi connectivity index (χ0n) is 9.50. The van der Waals surface area contributed by atoms with Crippen molar-refractivity contribution in [1.29, 1.82) is 0 Å². The van der Waals surface area contributed by atoms with Crippen molar-refractivity contribution in [2.45, 2.75) is 18.2 Å². The summed E-state index contributed by atoms with van der Waals surface area (Å²) >= 11 is 0. The van der Waals surface area contributed by atoms with Gasteiger partial charge in [-0.15, -0.1) is 0 Å². The fourth-order valence-corrected chi connectivity index (χ4v) is 1.31. The molecule has 1 saturated heterocycles. The Morgan fingerprint density at radius 3 is 2.44 bits per heavy atom. The van der Waals surface area contributed by atoms with Crippen LogP contribution in [0.5, 0.6) is 0 Å². The first-order valence-electron chi connectivity index (χ1n) is 5.07. The monoisotopic (exact) mass is 485 g/mol. The number of ether oxygens (including phenoxy) is 1. The third kappa shape index (κ3) is 4.84. The van der Waals surface area contributed by atoms with Crippen LogP contribution in [0.25, 0.3) is 0 Å². The first-order chi connectivity index (χ1) is 8.10. The van der Waals surface area contributed by atoms with Crippen molar-refractivity contribution in [3.05, 3.63) is 6.61 Å². The van der Waals surface area contributed by atoms with Crippen LogP contribution >= 0.6 is 0 Å². The van der Waals surface area contributed by atoms with Crippen molar-refractivity contribution in [3.63, 3.8) is 0 Å². The molecule has 2 amide bonds. The Labute approximate surface area is 127 Å². The number of hydrogen-bond acceptors (Lipinski definition) is 6. The Morgan fingerprint density at radius 2 is 1.94 bits per heavy atom. The van der Waals surface area contributed by atoms with E-state index in [1.807, 2.05) is 0 Å². The number of aliphatic hydroxyl groups excluding tert-OH is 3. The molecule has 1 fully saturated rings. The number of aliphatic hydroxyl groups is 3. The van der Waals surface area contributed by atoms with Gasteiger partial charge in [0.05, 0.1) is 25.4 Å². The molecule has 1 aliphatic heterocycles. The number of amides is 2. The van der Waals surface area contributed by atoms with E-state index < -0.39 is 30.1 Å². The average molecular weight is 485 g/mol. The molecule has 0 saturated carbocycles. The Morgan fingerprint density at radius 1 is 1.28 bits per heavy atom. The van der Waals surface area contributed by atoms with Crippen LogP contribution in [-0.4, -0.2) is 65.1 Å². The molecule has 0 bridgehead atoms. The molecule has 0 spiro atoms. The van der Waals surface area contributed by atoms with E-state index in [1.165, 1.54) is 0 Å². The van der Waals surface area contributed by atoms with E-state index in [0.717, 1.165) is 6.61 Å². The molecule has 0 aliphatic carbocycles. The normalized spacial score (nSPS) is 26.3. The number of nitrogens with one attached hydrogen (secondary N) is 2. The molecule has 0 radical (unpaired) electrons. The maximum Gasteiger partial charge on any atom is 2.00 e. The molecule has 9 heteroatoms. The molecule has 1 aliphatic rings. The summed E-state index contributed by atoms with van der Waals surface area (Å²) in [6, 6.07) is -0.848. The predicted octanol–water partition coefficient (Wildman–Crippen LogP) is -3.51. The average Bonchev–Trinajstić information content (AvgIpc) is 2.67. The molecular weight excluding hydrogens is 470 g/mol. The van der Waals surface area contributed by atoms with Crippen LogP contribution in [0.3, 0.4) is 0 Å². The topological polar surface area (TPSA) is 128 Å². The van der Waals surface area contributed by atoms with Crippen LogP contribution in [0.15, 0.2) is 0 Å². The van der Waals surface area contributed by atoms with Crippen molar-refractivity contribution >= 4 is 11.8 Å². The summed E-state index contributed by atoms with van der Waals surface area (Å²) in [6.45, 7) is 0.468. The first kappa shape index (κ1) is 17.8. The van der Waals surface area contributed by atoms with E-state index in [1.54, 1.807) is 0 Å². The molecule has 18 heavy (non-hydrogen) atoms. The minimum absolute atomic E-state index is 0. The van der Waals surface area contributed by atoms with Crippen molar-refractivity contribution in [3.8, 4) is 0 Å². The molecule has 0 aromatic heterocycles. The first-order valence-corrected chi connectivity index (χ1v) is 5.07. The van der Waals surface area contributed by atoms with Gasteiger partial charge < -0.3 is 30.7 Å². The largest absolute Gasteiger partial charge is 2.00 e. The summed E-state index contributed by atoms with van der Waals surface area (Å²) in [5, 5.41) is 31.2. The van der Waals surface area contributed by atoms with Gasteiger partial charge in [-0.05, 0) is 6.04 Å². The van der Waals surface area contributed by atoms with Gasteiger partial charge in [0, 0.05) is 6.54 Å². The summed E-state index contributed by atoms with van der Waals surface area (Å²) in [5.41, 5.74) is 0. The molecular formula is C9H15N2O6U+. The Kier molecular flexibility index (Phi) is 8.77. The summed E-state index contributed by atoms with van der Waals surface area (Å²) in [7, 11) is 0. The number of carbonyl (C=O) groups is 2. The van der Waals surface area contributed by atoms with Crippen LogP contribution in [0, 0.1) is 37.7 Å². The molecule has 3 atom stereocenters. The molecule has 1 rings (SSSR count). The minimum atomic E-state index is -1.10. The molecule has 0 aromatic rings. The zero-order valence-corrected chi connectivity index (χ0v) is 13.7. The SMILES string of the molecule is O=C(NCCO)C(=O)NC1[CH-]OC(CO)C1O.[U+2]. The van der Waals surface area contributed by atoms with E-state index >= 15 is 0 Å². The summed E-state index contributed by atoms with van der Waals surface area (Å²) in [6.07, 6.45) is -1.91. The fraction of sp³-hybridized carbons (Fsp3) is 0.667. The van der Waals surface area contributed by atoms with Crippen LogP contribution in [0.1, 0.15) is 0 Å². The fourth-order valence-electron chi connectivity index (χ4n) is 1.31. The Balaban J connectivity index is 0.00000289. The Hall–Kier alpha value is -0.168. The maximum absolute atomic E-state index is 11.3. The van der Waals surface area contributed by atoms with Gasteiger partial charge in [0.1, 0.15) is 0 Å². The van der Waals surface area contributed by atoms with Gasteiger partial charge in [0.15, 0.2) is 0 Å². The molecule has 8 nitrogen and oxygen atoms in total. The minimum Gasteiger partial charge on any atom is -0.544 e. The van der Waals surface area contributed by atoms with Crippen molar-refractivity contribution in [2.24, 2.45) is 0 Å². The van der Waals surface area contributed by atoms with Gasteiger partial charge in [0.25, 0.3) is 0 Å². The van der Waals surface area contributed by atoms with Gasteiger partial charge in [-0.1, -0.05) is 0 Å². The summed E-state index contributed by atoms with van der Waals surface area (Å²) < 4.78 is 4.88. The second kappa shape index (κ2) is 8.85. The van der Waals surface area contributed by atoms with E-state index in [4.69, 9.17) is 14.9 Å². The van der Waals surface area contributed by atoms with Crippen LogP contribution in [0.4, 0.5) is 0 Å². The van der Waals surface area contributed by atoms with Crippen LogP contribution in [-0.2, 0) is 14.3 Å². The van der Waals surface area contributed by atoms with Crippen molar-refractivity contribution < 1.29 is 60.8 Å². The third-order valence-corrected chi connectivity index (χ3v) is 2.23. The van der Waals surface area contributed by atoms with Crippen molar-refractivity contribution in [2.75, 3.05) is 19.8 Å². The van der Waals surface area contributed by atoms with Gasteiger partial charge in [-0.3, -0.25) is 9.59 Å². The zero-order chi connectivity index (χ0) is 12.8. The number of hydrogen-bond donors (Lipinski definition) is 5. The predicted molar refractivity (Wildman–Crippen MR) is 54.3 cm³/mol. The van der Waals surface area contributed by atoms with Crippen LogP contribution < -0.4 is 10.6 Å². The summed E-state index contributed by atoms with van der Waals surface area (Å²) in [5.74, 6) is -1.85.